The first kappa shape index (κ1) is 23.5. The highest BCUT2D eigenvalue weighted by atomic mass is 16.5. The molecular weight excluding hydrogens is 296 g/mol. The second-order valence-electron chi connectivity index (χ2n) is 7.44. The Bertz CT molecular complexity index is 263. The van der Waals surface area contributed by atoms with Gasteiger partial charge in [0.25, 0.3) is 0 Å². The van der Waals surface area contributed by atoms with Crippen molar-refractivity contribution >= 4 is 5.97 Å². The second-order valence-corrected chi connectivity index (χ2v) is 7.44. The Morgan fingerprint density at radius 1 is 0.667 bits per heavy atom. The molecule has 0 bridgehead atoms. The molecule has 0 spiro atoms. The predicted molar refractivity (Wildman–Crippen MR) is 105 cm³/mol. The Morgan fingerprint density at radius 3 is 1.58 bits per heavy atom. The van der Waals surface area contributed by atoms with Gasteiger partial charge in [0.1, 0.15) is 0 Å². The van der Waals surface area contributed by atoms with Crippen LogP contribution in [-0.2, 0) is 9.53 Å². The van der Waals surface area contributed by atoms with E-state index in [-0.39, 0.29) is 12.1 Å². The normalized spacial score (nSPS) is 12.3. The van der Waals surface area contributed by atoms with E-state index in [0.29, 0.717) is 6.42 Å². The molecule has 2 heteroatoms. The summed E-state index contributed by atoms with van der Waals surface area (Å²) in [5.41, 5.74) is 0. The van der Waals surface area contributed by atoms with E-state index in [9.17, 15) is 4.79 Å². The SMILES string of the molecule is CCCCCCCCCCCCC(C)OC(=O)CCCCCCC. The standard InChI is InChI=1S/C22H44O2/c1-4-6-8-10-11-12-13-14-16-17-19-21(3)24-22(23)20-18-15-9-7-5-2/h21H,4-20H2,1-3H3. The Kier molecular flexibility index (Phi) is 18.4. The molecule has 0 fully saturated rings. The topological polar surface area (TPSA) is 26.3 Å². The van der Waals surface area contributed by atoms with Crippen LogP contribution in [0.5, 0.6) is 0 Å². The minimum absolute atomic E-state index is 0.00563. The lowest BCUT2D eigenvalue weighted by Crippen LogP contribution is -2.14. The highest BCUT2D eigenvalue weighted by Crippen LogP contribution is 2.13. The van der Waals surface area contributed by atoms with Crippen molar-refractivity contribution in [2.75, 3.05) is 0 Å². The molecule has 0 aromatic carbocycles. The van der Waals surface area contributed by atoms with Crippen LogP contribution in [0.2, 0.25) is 0 Å². The van der Waals surface area contributed by atoms with Gasteiger partial charge in [0, 0.05) is 6.42 Å². The van der Waals surface area contributed by atoms with Crippen LogP contribution in [0.15, 0.2) is 0 Å². The maximum absolute atomic E-state index is 11.7. The number of esters is 1. The largest absolute Gasteiger partial charge is 0.463 e. The Labute approximate surface area is 152 Å². The third-order valence-corrected chi connectivity index (χ3v) is 4.78. The number of hydrogen-bond acceptors (Lipinski definition) is 2. The lowest BCUT2D eigenvalue weighted by molar-refractivity contribution is -0.148. The summed E-state index contributed by atoms with van der Waals surface area (Å²) in [7, 11) is 0. The van der Waals surface area contributed by atoms with Gasteiger partial charge in [-0.1, -0.05) is 97.3 Å². The first-order chi connectivity index (χ1) is 11.7. The quantitative estimate of drug-likeness (QED) is 0.190. The number of ether oxygens (including phenoxy) is 1. The van der Waals surface area contributed by atoms with Crippen LogP contribution in [0.25, 0.3) is 0 Å². The minimum atomic E-state index is 0.00563. The molecule has 1 atom stereocenters. The number of carbonyl (C=O) groups is 1. The lowest BCUT2D eigenvalue weighted by Gasteiger charge is -2.13. The summed E-state index contributed by atoms with van der Waals surface area (Å²) in [5, 5.41) is 0. The van der Waals surface area contributed by atoms with Gasteiger partial charge in [-0.25, -0.2) is 0 Å². The molecule has 2 nitrogen and oxygen atoms in total. The number of unbranched alkanes of at least 4 members (excludes halogenated alkanes) is 13. The Morgan fingerprint density at radius 2 is 1.08 bits per heavy atom. The molecule has 144 valence electrons. The molecule has 0 aromatic heterocycles. The van der Waals surface area contributed by atoms with Crippen LogP contribution < -0.4 is 0 Å². The van der Waals surface area contributed by atoms with Gasteiger partial charge in [-0.05, 0) is 26.2 Å². The summed E-state index contributed by atoms with van der Waals surface area (Å²) in [6.45, 7) is 6.53. The van der Waals surface area contributed by atoms with Crippen molar-refractivity contribution in [1.29, 1.82) is 0 Å². The van der Waals surface area contributed by atoms with Crippen molar-refractivity contribution < 1.29 is 9.53 Å². The highest BCUT2D eigenvalue weighted by Gasteiger charge is 2.08. The molecule has 0 amide bonds. The fraction of sp³-hybridized carbons (Fsp3) is 0.955. The van der Waals surface area contributed by atoms with Gasteiger partial charge in [-0.3, -0.25) is 4.79 Å². The van der Waals surface area contributed by atoms with Gasteiger partial charge in [0.05, 0.1) is 6.10 Å². The average Bonchev–Trinajstić information content (AvgIpc) is 2.56. The Hall–Kier alpha value is -0.530. The van der Waals surface area contributed by atoms with E-state index in [4.69, 9.17) is 4.74 Å². The zero-order valence-electron chi connectivity index (χ0n) is 16.9. The fourth-order valence-electron chi connectivity index (χ4n) is 3.13. The molecule has 0 aromatic rings. The summed E-state index contributed by atoms with van der Waals surface area (Å²) in [4.78, 5) is 11.7. The maximum atomic E-state index is 11.7. The molecule has 0 saturated heterocycles. The Balaban J connectivity index is 3.30. The van der Waals surface area contributed by atoms with Gasteiger partial charge in [0.2, 0.25) is 0 Å². The summed E-state index contributed by atoms with van der Waals surface area (Å²) < 4.78 is 5.50. The fourth-order valence-corrected chi connectivity index (χ4v) is 3.13. The smallest absolute Gasteiger partial charge is 0.306 e. The van der Waals surface area contributed by atoms with Crippen LogP contribution in [0.4, 0.5) is 0 Å². The molecule has 0 saturated carbocycles. The summed E-state index contributed by atoms with van der Waals surface area (Å²) >= 11 is 0. The maximum Gasteiger partial charge on any atom is 0.306 e. The zero-order chi connectivity index (χ0) is 17.9. The molecule has 0 N–H and O–H groups in total. The van der Waals surface area contributed by atoms with E-state index in [1.165, 1.54) is 83.5 Å². The van der Waals surface area contributed by atoms with E-state index in [1.807, 2.05) is 6.92 Å². The van der Waals surface area contributed by atoms with Crippen molar-refractivity contribution in [2.24, 2.45) is 0 Å². The lowest BCUT2D eigenvalue weighted by atomic mass is 10.0. The molecule has 0 rings (SSSR count). The van der Waals surface area contributed by atoms with Crippen LogP contribution in [0, 0.1) is 0 Å². The first-order valence-electron chi connectivity index (χ1n) is 10.9. The molecule has 0 radical (unpaired) electrons. The van der Waals surface area contributed by atoms with E-state index >= 15 is 0 Å². The van der Waals surface area contributed by atoms with Gasteiger partial charge < -0.3 is 4.74 Å². The van der Waals surface area contributed by atoms with E-state index in [0.717, 1.165) is 19.3 Å². The molecule has 0 aliphatic heterocycles. The van der Waals surface area contributed by atoms with Crippen LogP contribution in [0.1, 0.15) is 130 Å². The van der Waals surface area contributed by atoms with Crippen molar-refractivity contribution in [1.82, 2.24) is 0 Å². The summed E-state index contributed by atoms with van der Waals surface area (Å²) in [6, 6.07) is 0. The molecular formula is C22H44O2. The second kappa shape index (κ2) is 18.8. The van der Waals surface area contributed by atoms with Gasteiger partial charge in [-0.2, -0.15) is 0 Å². The van der Waals surface area contributed by atoms with Crippen molar-refractivity contribution in [3.63, 3.8) is 0 Å². The van der Waals surface area contributed by atoms with Gasteiger partial charge >= 0.3 is 5.97 Å². The van der Waals surface area contributed by atoms with Crippen LogP contribution in [0.3, 0.4) is 0 Å². The van der Waals surface area contributed by atoms with Crippen LogP contribution >= 0.6 is 0 Å². The summed E-state index contributed by atoms with van der Waals surface area (Å²) in [6.07, 6.45) is 21.2. The molecule has 0 heterocycles. The molecule has 24 heavy (non-hydrogen) atoms. The van der Waals surface area contributed by atoms with Gasteiger partial charge in [0.15, 0.2) is 0 Å². The van der Waals surface area contributed by atoms with Crippen molar-refractivity contribution in [3.05, 3.63) is 0 Å². The zero-order valence-corrected chi connectivity index (χ0v) is 16.9. The number of carbonyl (C=O) groups excluding carboxylic acids is 1. The molecule has 0 aliphatic rings. The number of hydrogen-bond donors (Lipinski definition) is 0. The highest BCUT2D eigenvalue weighted by molar-refractivity contribution is 5.69. The third-order valence-electron chi connectivity index (χ3n) is 4.78. The third kappa shape index (κ3) is 17.8. The summed E-state index contributed by atoms with van der Waals surface area (Å²) in [5.74, 6) is 0.00563. The van der Waals surface area contributed by atoms with Crippen LogP contribution in [-0.4, -0.2) is 12.1 Å². The van der Waals surface area contributed by atoms with Crippen molar-refractivity contribution in [2.45, 2.75) is 136 Å². The predicted octanol–water partition coefficient (Wildman–Crippen LogP) is 7.59. The van der Waals surface area contributed by atoms with Gasteiger partial charge in [-0.15, -0.1) is 0 Å². The number of rotatable bonds is 18. The molecule has 0 aliphatic carbocycles. The van der Waals surface area contributed by atoms with E-state index in [1.54, 1.807) is 0 Å². The van der Waals surface area contributed by atoms with Crippen molar-refractivity contribution in [3.8, 4) is 0 Å². The average molecular weight is 341 g/mol. The first-order valence-corrected chi connectivity index (χ1v) is 10.9. The molecule has 1 unspecified atom stereocenters. The van der Waals surface area contributed by atoms with E-state index < -0.39 is 0 Å². The van der Waals surface area contributed by atoms with E-state index in [2.05, 4.69) is 13.8 Å². The monoisotopic (exact) mass is 340 g/mol. The minimum Gasteiger partial charge on any atom is -0.463 e.